The highest BCUT2D eigenvalue weighted by molar-refractivity contribution is 6.30. The molecule has 2 aromatic carbocycles. The van der Waals surface area contributed by atoms with E-state index in [1.807, 2.05) is 0 Å². The number of halogens is 4. The number of alkyl halides is 3. The van der Waals surface area contributed by atoms with Crippen LogP contribution in [-0.2, 0) is 16.4 Å². The molecule has 1 fully saturated rings. The zero-order valence-corrected chi connectivity index (χ0v) is 14.1. The standard InChI is InChI=1S/C18H13ClF3NO3/c19-11-2-3-13(12(8-11)18(20,21)22)23-16(24)17(5-6-17)10-1-4-14-15(7-10)26-9-25-14/h1-4,7-8H,5-6,9H2,(H,23,24). The second kappa shape index (κ2) is 5.81. The predicted molar refractivity (Wildman–Crippen MR) is 88.6 cm³/mol. The number of amides is 1. The van der Waals surface area contributed by atoms with Gasteiger partial charge in [0.15, 0.2) is 11.5 Å². The fourth-order valence-corrected chi connectivity index (χ4v) is 3.24. The molecule has 26 heavy (non-hydrogen) atoms. The highest BCUT2D eigenvalue weighted by atomic mass is 35.5. The van der Waals surface area contributed by atoms with Crippen molar-refractivity contribution >= 4 is 23.2 Å². The maximum absolute atomic E-state index is 13.2. The molecule has 1 saturated carbocycles. The van der Waals surface area contributed by atoms with Gasteiger partial charge < -0.3 is 14.8 Å². The third-order valence-corrected chi connectivity index (χ3v) is 4.88. The normalized spacial score (nSPS) is 17.1. The smallest absolute Gasteiger partial charge is 0.418 e. The topological polar surface area (TPSA) is 47.6 Å². The number of anilines is 1. The lowest BCUT2D eigenvalue weighted by molar-refractivity contribution is -0.137. The monoisotopic (exact) mass is 383 g/mol. The molecule has 4 rings (SSSR count). The van der Waals surface area contributed by atoms with Crippen LogP contribution in [0.2, 0.25) is 5.02 Å². The van der Waals surface area contributed by atoms with Crippen molar-refractivity contribution < 1.29 is 27.4 Å². The zero-order valence-electron chi connectivity index (χ0n) is 13.3. The van der Waals surface area contributed by atoms with Crippen LogP contribution in [0.1, 0.15) is 24.0 Å². The summed E-state index contributed by atoms with van der Waals surface area (Å²) in [4.78, 5) is 12.8. The summed E-state index contributed by atoms with van der Waals surface area (Å²) in [6, 6.07) is 8.44. The molecule has 0 spiro atoms. The van der Waals surface area contributed by atoms with E-state index < -0.39 is 23.1 Å². The number of carbonyl (C=O) groups is 1. The van der Waals surface area contributed by atoms with Crippen molar-refractivity contribution in [2.75, 3.05) is 12.1 Å². The molecular formula is C18H13ClF3NO3. The number of fused-ring (bicyclic) bond motifs is 1. The van der Waals surface area contributed by atoms with Crippen molar-refractivity contribution in [2.45, 2.75) is 24.4 Å². The van der Waals surface area contributed by atoms with Crippen molar-refractivity contribution in [3.05, 3.63) is 52.5 Å². The Morgan fingerprint density at radius 3 is 2.50 bits per heavy atom. The molecule has 1 aliphatic heterocycles. The van der Waals surface area contributed by atoms with E-state index in [1.165, 1.54) is 12.1 Å². The Kier molecular flexibility index (Phi) is 3.80. The van der Waals surface area contributed by atoms with E-state index in [2.05, 4.69) is 5.32 Å². The first kappa shape index (κ1) is 17.0. The number of hydrogen-bond acceptors (Lipinski definition) is 3. The van der Waals surface area contributed by atoms with E-state index in [0.717, 1.165) is 6.07 Å². The van der Waals surface area contributed by atoms with Crippen molar-refractivity contribution in [2.24, 2.45) is 0 Å². The molecular weight excluding hydrogens is 371 g/mol. The number of benzene rings is 2. The van der Waals surface area contributed by atoms with Gasteiger partial charge >= 0.3 is 6.18 Å². The lowest BCUT2D eigenvalue weighted by Crippen LogP contribution is -2.29. The summed E-state index contributed by atoms with van der Waals surface area (Å²) in [5, 5.41) is 2.37. The van der Waals surface area contributed by atoms with E-state index in [0.29, 0.717) is 29.9 Å². The molecule has 0 unspecified atom stereocenters. The van der Waals surface area contributed by atoms with E-state index in [-0.39, 0.29) is 17.5 Å². The Morgan fingerprint density at radius 1 is 1.08 bits per heavy atom. The van der Waals surface area contributed by atoms with Crippen LogP contribution < -0.4 is 14.8 Å². The molecule has 8 heteroatoms. The lowest BCUT2D eigenvalue weighted by atomic mass is 9.94. The second-order valence-corrected chi connectivity index (χ2v) is 6.73. The first-order valence-corrected chi connectivity index (χ1v) is 8.26. The third-order valence-electron chi connectivity index (χ3n) is 4.65. The molecule has 2 aromatic rings. The van der Waals surface area contributed by atoms with Crippen LogP contribution >= 0.6 is 11.6 Å². The summed E-state index contributed by atoms with van der Waals surface area (Å²) < 4.78 is 50.2. The molecule has 4 nitrogen and oxygen atoms in total. The zero-order chi connectivity index (χ0) is 18.5. The molecule has 136 valence electrons. The van der Waals surface area contributed by atoms with Crippen LogP contribution in [0.4, 0.5) is 18.9 Å². The molecule has 0 radical (unpaired) electrons. The van der Waals surface area contributed by atoms with Gasteiger partial charge in [0.1, 0.15) is 0 Å². The van der Waals surface area contributed by atoms with Crippen molar-refractivity contribution in [3.63, 3.8) is 0 Å². The number of ether oxygens (including phenoxy) is 2. The predicted octanol–water partition coefficient (Wildman–Crippen LogP) is 4.76. The Hall–Kier alpha value is -2.41. The van der Waals surface area contributed by atoms with Gasteiger partial charge in [-0.2, -0.15) is 13.2 Å². The maximum Gasteiger partial charge on any atom is 0.418 e. The summed E-state index contributed by atoms with van der Waals surface area (Å²) in [7, 11) is 0. The molecule has 1 N–H and O–H groups in total. The van der Waals surface area contributed by atoms with E-state index >= 15 is 0 Å². The van der Waals surface area contributed by atoms with Crippen molar-refractivity contribution in [3.8, 4) is 11.5 Å². The fraction of sp³-hybridized carbons (Fsp3) is 0.278. The Morgan fingerprint density at radius 2 is 1.81 bits per heavy atom. The fourth-order valence-electron chi connectivity index (χ4n) is 3.07. The first-order chi connectivity index (χ1) is 12.3. The number of rotatable bonds is 3. The van der Waals surface area contributed by atoms with Crippen LogP contribution in [0.5, 0.6) is 11.5 Å². The summed E-state index contributed by atoms with van der Waals surface area (Å²) >= 11 is 5.67. The maximum atomic E-state index is 13.2. The van der Waals surface area contributed by atoms with Gasteiger partial charge in [0.2, 0.25) is 12.7 Å². The Bertz CT molecular complexity index is 894. The van der Waals surface area contributed by atoms with E-state index in [9.17, 15) is 18.0 Å². The Balaban J connectivity index is 1.63. The van der Waals surface area contributed by atoms with Gasteiger partial charge in [-0.05, 0) is 48.7 Å². The third kappa shape index (κ3) is 2.86. The molecule has 1 aliphatic carbocycles. The highest BCUT2D eigenvalue weighted by Crippen LogP contribution is 2.51. The average molecular weight is 384 g/mol. The summed E-state index contributed by atoms with van der Waals surface area (Å²) in [6.07, 6.45) is -3.52. The highest BCUT2D eigenvalue weighted by Gasteiger charge is 2.52. The average Bonchev–Trinajstić information content (AvgIpc) is 3.27. The van der Waals surface area contributed by atoms with Gasteiger partial charge in [0.05, 0.1) is 16.7 Å². The van der Waals surface area contributed by atoms with Gasteiger partial charge in [0.25, 0.3) is 0 Å². The van der Waals surface area contributed by atoms with Crippen molar-refractivity contribution in [1.82, 2.24) is 0 Å². The number of hydrogen-bond donors (Lipinski definition) is 1. The molecule has 2 aliphatic rings. The minimum absolute atomic E-state index is 0.0489. The largest absolute Gasteiger partial charge is 0.454 e. The van der Waals surface area contributed by atoms with Gasteiger partial charge in [-0.1, -0.05) is 17.7 Å². The molecule has 0 bridgehead atoms. The quantitative estimate of drug-likeness (QED) is 0.831. The van der Waals surface area contributed by atoms with Gasteiger partial charge in [-0.25, -0.2) is 0 Å². The summed E-state index contributed by atoms with van der Waals surface area (Å²) in [6.45, 7) is 0.109. The number of carbonyl (C=O) groups excluding carboxylic acids is 1. The van der Waals surface area contributed by atoms with E-state index in [1.54, 1.807) is 18.2 Å². The van der Waals surface area contributed by atoms with Gasteiger partial charge in [-0.15, -0.1) is 0 Å². The van der Waals surface area contributed by atoms with E-state index in [4.69, 9.17) is 21.1 Å². The summed E-state index contributed by atoms with van der Waals surface area (Å²) in [5.74, 6) is 0.634. The SMILES string of the molecule is O=C(Nc1ccc(Cl)cc1C(F)(F)F)C1(c2ccc3c(c2)OCO3)CC1. The molecule has 0 aromatic heterocycles. The van der Waals surface area contributed by atoms with Crippen LogP contribution in [0.3, 0.4) is 0 Å². The second-order valence-electron chi connectivity index (χ2n) is 6.29. The van der Waals surface area contributed by atoms with Crippen LogP contribution in [0, 0.1) is 0 Å². The van der Waals surface area contributed by atoms with Gasteiger partial charge in [-0.3, -0.25) is 4.79 Å². The minimum Gasteiger partial charge on any atom is -0.454 e. The Labute approximate surface area is 151 Å². The van der Waals surface area contributed by atoms with Crippen molar-refractivity contribution in [1.29, 1.82) is 0 Å². The first-order valence-electron chi connectivity index (χ1n) is 7.88. The molecule has 0 saturated heterocycles. The molecule has 1 amide bonds. The lowest BCUT2D eigenvalue weighted by Gasteiger charge is -2.19. The van der Waals surface area contributed by atoms with Crippen LogP contribution in [0.25, 0.3) is 0 Å². The van der Waals surface area contributed by atoms with Gasteiger partial charge in [0, 0.05) is 5.02 Å². The minimum atomic E-state index is -4.62. The van der Waals surface area contributed by atoms with Crippen LogP contribution in [0.15, 0.2) is 36.4 Å². The molecule has 1 heterocycles. The number of nitrogens with one attached hydrogen (secondary N) is 1. The summed E-state index contributed by atoms with van der Waals surface area (Å²) in [5.41, 5.74) is -1.44. The molecule has 0 atom stereocenters. The van der Waals surface area contributed by atoms with Crippen LogP contribution in [-0.4, -0.2) is 12.7 Å².